The minimum Gasteiger partial charge on any atom is -0.395 e. The molecule has 0 fully saturated rings. The Balaban J connectivity index is 2.85. The Morgan fingerprint density at radius 3 is 2.50 bits per heavy atom. The molecule has 18 heavy (non-hydrogen) atoms. The monoisotopic (exact) mass is 283 g/mol. The number of aromatic nitrogens is 2. The predicted octanol–water partition coefficient (Wildman–Crippen LogP) is 1.13. The lowest BCUT2D eigenvalue weighted by molar-refractivity contribution is -0.141. The molecule has 0 spiro atoms. The zero-order chi connectivity index (χ0) is 13.8. The van der Waals surface area contributed by atoms with Gasteiger partial charge >= 0.3 is 6.18 Å². The van der Waals surface area contributed by atoms with Crippen LogP contribution >= 0.6 is 11.6 Å². The summed E-state index contributed by atoms with van der Waals surface area (Å²) >= 11 is 5.45. The van der Waals surface area contributed by atoms with E-state index in [0.29, 0.717) is 4.90 Å². The Morgan fingerprint density at radius 1 is 1.39 bits per heavy atom. The maximum absolute atomic E-state index is 12.2. The minimum atomic E-state index is -4.55. The number of halogens is 4. The lowest BCUT2D eigenvalue weighted by Gasteiger charge is -2.22. The van der Waals surface area contributed by atoms with Crippen LogP contribution in [0.25, 0.3) is 0 Å². The van der Waals surface area contributed by atoms with Gasteiger partial charge in [-0.15, -0.1) is 10.2 Å². The van der Waals surface area contributed by atoms with Gasteiger partial charge in [0, 0.05) is 6.54 Å². The third kappa shape index (κ3) is 4.46. The average Bonchev–Trinajstić information content (AvgIpc) is 2.27. The van der Waals surface area contributed by atoms with Gasteiger partial charge in [0.15, 0.2) is 10.8 Å². The molecule has 0 saturated heterocycles. The summed E-state index contributed by atoms with van der Waals surface area (Å²) in [7, 11) is 0. The number of aliphatic hydroxyl groups excluding tert-OH is 1. The molecule has 0 saturated carbocycles. The van der Waals surface area contributed by atoms with Crippen molar-refractivity contribution in [2.75, 3.05) is 19.7 Å². The highest BCUT2D eigenvalue weighted by Crippen LogP contribution is 2.17. The molecule has 1 aromatic rings. The van der Waals surface area contributed by atoms with Gasteiger partial charge in [0.25, 0.3) is 5.91 Å². The second kappa shape index (κ2) is 5.96. The van der Waals surface area contributed by atoms with Crippen LogP contribution in [0.2, 0.25) is 5.15 Å². The topological polar surface area (TPSA) is 66.3 Å². The van der Waals surface area contributed by atoms with Gasteiger partial charge in [-0.2, -0.15) is 13.2 Å². The van der Waals surface area contributed by atoms with Gasteiger partial charge < -0.3 is 10.0 Å². The van der Waals surface area contributed by atoms with Crippen molar-refractivity contribution in [1.29, 1.82) is 0 Å². The van der Waals surface area contributed by atoms with Crippen molar-refractivity contribution >= 4 is 17.5 Å². The molecule has 100 valence electrons. The highest BCUT2D eigenvalue weighted by molar-refractivity contribution is 6.29. The molecule has 0 aromatic carbocycles. The minimum absolute atomic E-state index is 0.0241. The third-order valence-electron chi connectivity index (χ3n) is 1.88. The van der Waals surface area contributed by atoms with E-state index in [2.05, 4.69) is 10.2 Å². The number of carbonyl (C=O) groups is 1. The first-order valence-corrected chi connectivity index (χ1v) is 5.17. The summed E-state index contributed by atoms with van der Waals surface area (Å²) in [4.78, 5) is 12.1. The van der Waals surface area contributed by atoms with E-state index in [4.69, 9.17) is 16.7 Å². The van der Waals surface area contributed by atoms with Gasteiger partial charge in [0.05, 0.1) is 6.61 Å². The number of amides is 1. The largest absolute Gasteiger partial charge is 0.406 e. The maximum Gasteiger partial charge on any atom is 0.406 e. The van der Waals surface area contributed by atoms with Crippen LogP contribution in [0.4, 0.5) is 13.2 Å². The molecule has 0 atom stereocenters. The molecule has 1 amide bonds. The van der Waals surface area contributed by atoms with Gasteiger partial charge in [-0.25, -0.2) is 0 Å². The summed E-state index contributed by atoms with van der Waals surface area (Å²) in [6.45, 7) is -2.48. The van der Waals surface area contributed by atoms with Crippen LogP contribution in [0.15, 0.2) is 12.1 Å². The zero-order valence-corrected chi connectivity index (χ0v) is 9.74. The Hall–Kier alpha value is -1.41. The second-order valence-corrected chi connectivity index (χ2v) is 3.69. The average molecular weight is 284 g/mol. The van der Waals surface area contributed by atoms with E-state index < -0.39 is 31.8 Å². The maximum atomic E-state index is 12.2. The van der Waals surface area contributed by atoms with Crippen molar-refractivity contribution in [3.05, 3.63) is 23.0 Å². The van der Waals surface area contributed by atoms with Gasteiger partial charge in [-0.1, -0.05) is 11.6 Å². The Morgan fingerprint density at radius 2 is 2.06 bits per heavy atom. The SMILES string of the molecule is O=C(c1ccc(Cl)nn1)N(CCO)CC(F)(F)F. The molecule has 1 rings (SSSR count). The molecular formula is C9H9ClF3N3O2. The highest BCUT2D eigenvalue weighted by Gasteiger charge is 2.33. The highest BCUT2D eigenvalue weighted by atomic mass is 35.5. The third-order valence-corrected chi connectivity index (χ3v) is 2.08. The molecule has 0 aliphatic rings. The molecular weight excluding hydrogens is 275 g/mol. The number of hydrogen-bond acceptors (Lipinski definition) is 4. The lowest BCUT2D eigenvalue weighted by Crippen LogP contribution is -2.41. The summed E-state index contributed by atoms with van der Waals surface area (Å²) in [5.74, 6) is -0.967. The van der Waals surface area contributed by atoms with Crippen molar-refractivity contribution in [1.82, 2.24) is 15.1 Å². The zero-order valence-electron chi connectivity index (χ0n) is 8.98. The molecule has 0 unspecified atom stereocenters. The molecule has 1 heterocycles. The van der Waals surface area contributed by atoms with Crippen molar-refractivity contribution in [3.8, 4) is 0 Å². The Labute approximate surface area is 105 Å². The van der Waals surface area contributed by atoms with Gasteiger partial charge in [-0.05, 0) is 12.1 Å². The normalized spacial score (nSPS) is 11.4. The summed E-state index contributed by atoms with van der Waals surface area (Å²) in [6, 6.07) is 2.41. The van der Waals surface area contributed by atoms with Crippen LogP contribution in [0.1, 0.15) is 10.5 Å². The fourth-order valence-corrected chi connectivity index (χ4v) is 1.28. The fourth-order valence-electron chi connectivity index (χ4n) is 1.18. The molecule has 0 aliphatic heterocycles. The van der Waals surface area contributed by atoms with E-state index in [-0.39, 0.29) is 10.8 Å². The van der Waals surface area contributed by atoms with Crippen molar-refractivity contribution in [2.24, 2.45) is 0 Å². The summed E-state index contributed by atoms with van der Waals surface area (Å²) < 4.78 is 36.7. The van der Waals surface area contributed by atoms with Gasteiger partial charge in [-0.3, -0.25) is 4.79 Å². The smallest absolute Gasteiger partial charge is 0.395 e. The molecule has 0 bridgehead atoms. The first-order chi connectivity index (χ1) is 8.33. The number of aliphatic hydroxyl groups is 1. The van der Waals surface area contributed by atoms with Crippen molar-refractivity contribution in [2.45, 2.75) is 6.18 Å². The van der Waals surface area contributed by atoms with E-state index in [0.717, 1.165) is 0 Å². The molecule has 1 N–H and O–H groups in total. The number of hydrogen-bond donors (Lipinski definition) is 1. The van der Waals surface area contributed by atoms with Crippen LogP contribution in [-0.2, 0) is 0 Å². The summed E-state index contributed by atoms with van der Waals surface area (Å²) in [6.07, 6.45) is -4.55. The van der Waals surface area contributed by atoms with Crippen LogP contribution in [0.3, 0.4) is 0 Å². The second-order valence-electron chi connectivity index (χ2n) is 3.31. The summed E-state index contributed by atoms with van der Waals surface area (Å²) in [5.41, 5.74) is -0.267. The Bertz CT molecular complexity index is 411. The van der Waals surface area contributed by atoms with Gasteiger partial charge in [0.1, 0.15) is 6.54 Å². The fraction of sp³-hybridized carbons (Fsp3) is 0.444. The number of alkyl halides is 3. The van der Waals surface area contributed by atoms with Crippen LogP contribution in [0, 0.1) is 0 Å². The molecule has 9 heteroatoms. The first kappa shape index (κ1) is 14.7. The Kier molecular flexibility index (Phi) is 4.85. The van der Waals surface area contributed by atoms with Crippen LogP contribution in [0.5, 0.6) is 0 Å². The quantitative estimate of drug-likeness (QED) is 0.899. The molecule has 0 aliphatic carbocycles. The van der Waals surface area contributed by atoms with Gasteiger partial charge in [0.2, 0.25) is 0 Å². The number of nitrogens with zero attached hydrogens (tertiary/aromatic N) is 3. The van der Waals surface area contributed by atoms with E-state index in [9.17, 15) is 18.0 Å². The van der Waals surface area contributed by atoms with Crippen molar-refractivity contribution in [3.63, 3.8) is 0 Å². The van der Waals surface area contributed by atoms with E-state index >= 15 is 0 Å². The van der Waals surface area contributed by atoms with Crippen molar-refractivity contribution < 1.29 is 23.1 Å². The lowest BCUT2D eigenvalue weighted by atomic mass is 10.3. The molecule has 1 aromatic heterocycles. The molecule has 0 radical (unpaired) electrons. The number of rotatable bonds is 4. The standard InChI is InChI=1S/C9H9ClF3N3O2/c10-7-2-1-6(14-15-7)8(18)16(3-4-17)5-9(11,12)13/h1-2,17H,3-5H2. The first-order valence-electron chi connectivity index (χ1n) is 4.79. The van der Waals surface area contributed by atoms with E-state index in [1.54, 1.807) is 0 Å². The molecule has 5 nitrogen and oxygen atoms in total. The van der Waals surface area contributed by atoms with E-state index in [1.165, 1.54) is 12.1 Å². The number of carbonyl (C=O) groups excluding carboxylic acids is 1. The van der Waals surface area contributed by atoms with Crippen LogP contribution in [-0.4, -0.2) is 52.0 Å². The predicted molar refractivity (Wildman–Crippen MR) is 56.1 cm³/mol. The van der Waals surface area contributed by atoms with Crippen LogP contribution < -0.4 is 0 Å². The summed E-state index contributed by atoms with van der Waals surface area (Å²) in [5, 5.41) is 15.4. The van der Waals surface area contributed by atoms with E-state index in [1.807, 2.05) is 0 Å².